The highest BCUT2D eigenvalue weighted by molar-refractivity contribution is 5.78. The number of guanidine groups is 1. The third kappa shape index (κ3) is 2.65. The van der Waals surface area contributed by atoms with E-state index in [9.17, 15) is 0 Å². The molecule has 0 fully saturated rings. The first-order valence-corrected chi connectivity index (χ1v) is 4.16. The van der Waals surface area contributed by atoms with Crippen LogP contribution in [0.1, 0.15) is 26.2 Å². The van der Waals surface area contributed by atoms with Crippen molar-refractivity contribution >= 4 is 5.96 Å². The van der Waals surface area contributed by atoms with Gasteiger partial charge < -0.3 is 11.1 Å². The summed E-state index contributed by atoms with van der Waals surface area (Å²) in [5.74, 6) is 0.543. The Kier molecular flexibility index (Phi) is 3.01. The lowest BCUT2D eigenvalue weighted by molar-refractivity contribution is 0.300. The summed E-state index contributed by atoms with van der Waals surface area (Å²) >= 11 is 0. The van der Waals surface area contributed by atoms with Gasteiger partial charge in [0.15, 0.2) is 0 Å². The van der Waals surface area contributed by atoms with E-state index < -0.39 is 0 Å². The van der Waals surface area contributed by atoms with Crippen LogP contribution < -0.4 is 11.1 Å². The number of nitrogens with zero attached hydrogens (tertiary/aromatic N) is 2. The Balaban J connectivity index is 2.08. The molecule has 3 N–H and O–H groups in total. The first-order valence-electron chi connectivity index (χ1n) is 4.16. The van der Waals surface area contributed by atoms with Gasteiger partial charge in [0.1, 0.15) is 6.67 Å². The van der Waals surface area contributed by atoms with Gasteiger partial charge in [0, 0.05) is 6.54 Å². The molecule has 0 saturated heterocycles. The van der Waals surface area contributed by atoms with Crippen molar-refractivity contribution in [3.63, 3.8) is 0 Å². The van der Waals surface area contributed by atoms with Crippen molar-refractivity contribution in [2.45, 2.75) is 26.2 Å². The molecule has 1 aliphatic heterocycles. The molecule has 64 valence electrons. The van der Waals surface area contributed by atoms with Crippen molar-refractivity contribution in [3.8, 4) is 0 Å². The monoisotopic (exact) mass is 156 g/mol. The molecule has 0 spiro atoms. The largest absolute Gasteiger partial charge is 0.368 e. The van der Waals surface area contributed by atoms with E-state index in [1.807, 2.05) is 5.01 Å². The topological polar surface area (TPSA) is 53.6 Å². The molecule has 4 nitrogen and oxygen atoms in total. The molecule has 0 saturated carbocycles. The molecule has 0 radical (unpaired) electrons. The van der Waals surface area contributed by atoms with E-state index in [0.29, 0.717) is 5.96 Å². The number of hydrazone groups is 1. The zero-order chi connectivity index (χ0) is 8.10. The van der Waals surface area contributed by atoms with E-state index in [2.05, 4.69) is 17.3 Å². The van der Waals surface area contributed by atoms with Gasteiger partial charge in [-0.3, -0.25) is 5.01 Å². The molecule has 0 aliphatic carbocycles. The van der Waals surface area contributed by atoms with Gasteiger partial charge in [-0.1, -0.05) is 19.8 Å². The number of unbranched alkanes of at least 4 members (excludes halogenated alkanes) is 2. The average Bonchev–Trinajstić information content (AvgIpc) is 2.37. The Morgan fingerprint density at radius 1 is 1.64 bits per heavy atom. The van der Waals surface area contributed by atoms with Crippen LogP contribution in [0.25, 0.3) is 0 Å². The summed E-state index contributed by atoms with van der Waals surface area (Å²) in [6.07, 6.45) is 3.72. The van der Waals surface area contributed by atoms with Gasteiger partial charge in [-0.05, 0) is 6.42 Å². The third-order valence-electron chi connectivity index (χ3n) is 1.71. The molecule has 1 rings (SSSR count). The lowest BCUT2D eigenvalue weighted by Crippen LogP contribution is -2.28. The van der Waals surface area contributed by atoms with Crippen LogP contribution in [0.5, 0.6) is 0 Å². The van der Waals surface area contributed by atoms with Crippen molar-refractivity contribution < 1.29 is 0 Å². The normalized spacial score (nSPS) is 16.5. The van der Waals surface area contributed by atoms with Crippen molar-refractivity contribution in [3.05, 3.63) is 0 Å². The Hall–Kier alpha value is -0.930. The molecule has 0 amide bonds. The lowest BCUT2D eigenvalue weighted by atomic mass is 10.2. The van der Waals surface area contributed by atoms with Gasteiger partial charge in [-0.2, -0.15) is 0 Å². The van der Waals surface area contributed by atoms with Crippen LogP contribution in [0.15, 0.2) is 5.10 Å². The maximum Gasteiger partial charge on any atom is 0.212 e. The van der Waals surface area contributed by atoms with E-state index in [0.717, 1.165) is 13.2 Å². The molecular weight excluding hydrogens is 140 g/mol. The molecule has 1 heterocycles. The van der Waals surface area contributed by atoms with Gasteiger partial charge in [0.05, 0.1) is 0 Å². The molecular formula is C7H16N4. The Morgan fingerprint density at radius 3 is 3.00 bits per heavy atom. The Bertz CT molecular complexity index is 143. The minimum Gasteiger partial charge on any atom is -0.368 e. The Morgan fingerprint density at radius 2 is 2.45 bits per heavy atom. The summed E-state index contributed by atoms with van der Waals surface area (Å²) in [6, 6.07) is 0. The first kappa shape index (κ1) is 8.17. The van der Waals surface area contributed by atoms with Crippen LogP contribution in [0.2, 0.25) is 0 Å². The van der Waals surface area contributed by atoms with Crippen LogP contribution >= 0.6 is 0 Å². The van der Waals surface area contributed by atoms with Crippen molar-refractivity contribution in [1.29, 1.82) is 0 Å². The predicted molar refractivity (Wildman–Crippen MR) is 45.9 cm³/mol. The molecule has 0 unspecified atom stereocenters. The maximum atomic E-state index is 5.43. The summed E-state index contributed by atoms with van der Waals surface area (Å²) in [7, 11) is 0. The molecule has 0 aromatic heterocycles. The minimum atomic E-state index is 0.543. The van der Waals surface area contributed by atoms with Crippen LogP contribution in [0.4, 0.5) is 0 Å². The summed E-state index contributed by atoms with van der Waals surface area (Å²) in [5.41, 5.74) is 5.43. The van der Waals surface area contributed by atoms with Crippen LogP contribution in [0, 0.1) is 0 Å². The zero-order valence-corrected chi connectivity index (χ0v) is 7.01. The second kappa shape index (κ2) is 4.05. The maximum absolute atomic E-state index is 5.43. The van der Waals surface area contributed by atoms with Crippen molar-refractivity contribution in [2.75, 3.05) is 13.2 Å². The molecule has 0 atom stereocenters. The average molecular weight is 156 g/mol. The number of hydrogen-bond acceptors (Lipinski definition) is 4. The molecule has 11 heavy (non-hydrogen) atoms. The van der Waals surface area contributed by atoms with Crippen molar-refractivity contribution in [1.82, 2.24) is 10.3 Å². The lowest BCUT2D eigenvalue weighted by Gasteiger charge is -2.10. The zero-order valence-electron chi connectivity index (χ0n) is 7.01. The van der Waals surface area contributed by atoms with Gasteiger partial charge in [-0.25, -0.2) is 0 Å². The first-order chi connectivity index (χ1) is 5.33. The molecule has 0 aromatic rings. The minimum absolute atomic E-state index is 0.543. The summed E-state index contributed by atoms with van der Waals surface area (Å²) in [5, 5.41) is 8.99. The van der Waals surface area contributed by atoms with E-state index >= 15 is 0 Å². The van der Waals surface area contributed by atoms with E-state index in [1.165, 1.54) is 19.3 Å². The van der Waals surface area contributed by atoms with E-state index in [1.54, 1.807) is 0 Å². The fourth-order valence-corrected chi connectivity index (χ4v) is 1.07. The quantitative estimate of drug-likeness (QED) is 0.574. The summed E-state index contributed by atoms with van der Waals surface area (Å²) in [4.78, 5) is 0. The van der Waals surface area contributed by atoms with Crippen LogP contribution in [-0.4, -0.2) is 24.2 Å². The second-order valence-electron chi connectivity index (χ2n) is 2.76. The highest BCUT2D eigenvalue weighted by Crippen LogP contribution is 1.99. The van der Waals surface area contributed by atoms with Crippen LogP contribution in [-0.2, 0) is 0 Å². The second-order valence-corrected chi connectivity index (χ2v) is 2.76. The van der Waals surface area contributed by atoms with Crippen LogP contribution in [0.3, 0.4) is 0 Å². The van der Waals surface area contributed by atoms with Gasteiger partial charge in [0.2, 0.25) is 5.96 Å². The highest BCUT2D eigenvalue weighted by Gasteiger charge is 2.08. The number of nitrogens with two attached hydrogens (primary N) is 1. The fraction of sp³-hybridized carbons (Fsp3) is 0.857. The Labute approximate surface area is 67.4 Å². The van der Waals surface area contributed by atoms with Crippen molar-refractivity contribution in [2.24, 2.45) is 10.8 Å². The molecule has 4 heteroatoms. The van der Waals surface area contributed by atoms with Gasteiger partial charge >= 0.3 is 0 Å². The van der Waals surface area contributed by atoms with Gasteiger partial charge in [-0.15, -0.1) is 5.10 Å². The number of hydrogen-bond donors (Lipinski definition) is 2. The summed E-state index contributed by atoms with van der Waals surface area (Å²) in [6.45, 7) is 3.98. The standard InChI is InChI=1S/C7H16N4/c1-2-3-4-5-11-6-9-7(8)10-11/h2-6H2,1H3,(H3,8,9,10). The molecule has 0 bridgehead atoms. The SMILES string of the molecule is CCCCCN1CNC(N)=N1. The van der Waals surface area contributed by atoms with E-state index in [-0.39, 0.29) is 0 Å². The smallest absolute Gasteiger partial charge is 0.212 e. The van der Waals surface area contributed by atoms with Gasteiger partial charge in [0.25, 0.3) is 0 Å². The third-order valence-corrected chi connectivity index (χ3v) is 1.71. The summed E-state index contributed by atoms with van der Waals surface area (Å²) < 4.78 is 0. The predicted octanol–water partition coefficient (Wildman–Crippen LogP) is 0.269. The highest BCUT2D eigenvalue weighted by atomic mass is 15.6. The molecule has 1 aliphatic rings. The van der Waals surface area contributed by atoms with E-state index in [4.69, 9.17) is 5.73 Å². The number of nitrogens with one attached hydrogen (secondary N) is 1. The fourth-order valence-electron chi connectivity index (χ4n) is 1.07. The molecule has 0 aromatic carbocycles. The number of rotatable bonds is 4.